The van der Waals surface area contributed by atoms with Gasteiger partial charge in [-0.2, -0.15) is 5.26 Å². The van der Waals surface area contributed by atoms with Crippen LogP contribution in [0.4, 0.5) is 5.69 Å². The highest BCUT2D eigenvalue weighted by molar-refractivity contribution is 5.79. The lowest BCUT2D eigenvalue weighted by molar-refractivity contribution is -0.385. The highest BCUT2D eigenvalue weighted by atomic mass is 16.6. The summed E-state index contributed by atoms with van der Waals surface area (Å²) in [6, 6.07) is 6.63. The molecule has 0 heterocycles. The van der Waals surface area contributed by atoms with Crippen molar-refractivity contribution in [3.63, 3.8) is 0 Å². The summed E-state index contributed by atoms with van der Waals surface area (Å²) in [5.74, 6) is -0.267. The molecular formula is C15H17N3O4. The molecule has 1 fully saturated rings. The first kappa shape index (κ1) is 15.8. The molecule has 0 radical (unpaired) electrons. The summed E-state index contributed by atoms with van der Waals surface area (Å²) in [7, 11) is 0. The van der Waals surface area contributed by atoms with Crippen LogP contribution in [0.25, 0.3) is 0 Å². The van der Waals surface area contributed by atoms with Gasteiger partial charge in [-0.1, -0.05) is 6.07 Å². The van der Waals surface area contributed by atoms with E-state index < -0.39 is 16.4 Å². The number of benzene rings is 1. The predicted molar refractivity (Wildman–Crippen MR) is 78.2 cm³/mol. The molecule has 1 atom stereocenters. The van der Waals surface area contributed by atoms with Crippen molar-refractivity contribution >= 4 is 11.6 Å². The van der Waals surface area contributed by atoms with E-state index >= 15 is 0 Å². The van der Waals surface area contributed by atoms with E-state index in [1.165, 1.54) is 12.1 Å². The Balaban J connectivity index is 2.00. The van der Waals surface area contributed by atoms with Gasteiger partial charge in [0.25, 0.3) is 5.91 Å². The van der Waals surface area contributed by atoms with E-state index in [0.717, 1.165) is 18.4 Å². The third kappa shape index (κ3) is 3.52. The maximum atomic E-state index is 11.9. The van der Waals surface area contributed by atoms with E-state index in [1.807, 2.05) is 0 Å². The normalized spacial score (nSPS) is 16.2. The van der Waals surface area contributed by atoms with Gasteiger partial charge in [0.2, 0.25) is 0 Å². The molecule has 7 heteroatoms. The lowest BCUT2D eigenvalue weighted by atomic mass is 9.98. The Morgan fingerprint density at radius 1 is 1.59 bits per heavy atom. The average molecular weight is 303 g/mol. The second kappa shape index (κ2) is 6.02. The number of aryl methyl sites for hydroxylation is 1. The summed E-state index contributed by atoms with van der Waals surface area (Å²) in [6.45, 7) is 3.04. The minimum Gasteiger partial charge on any atom is -0.477 e. The van der Waals surface area contributed by atoms with Gasteiger partial charge in [0, 0.05) is 6.07 Å². The molecule has 22 heavy (non-hydrogen) atoms. The predicted octanol–water partition coefficient (Wildman–Crippen LogP) is 2.09. The molecule has 2 rings (SSSR count). The van der Waals surface area contributed by atoms with Crippen LogP contribution in [0, 0.1) is 34.3 Å². The van der Waals surface area contributed by atoms with Crippen molar-refractivity contribution in [1.82, 2.24) is 5.32 Å². The van der Waals surface area contributed by atoms with Crippen LogP contribution in [0.1, 0.15) is 25.3 Å². The molecule has 1 aromatic rings. The Kier molecular flexibility index (Phi) is 4.31. The van der Waals surface area contributed by atoms with E-state index in [0.29, 0.717) is 0 Å². The topological polar surface area (TPSA) is 105 Å². The first-order valence-electron chi connectivity index (χ1n) is 6.96. The Bertz CT molecular complexity index is 649. The number of amides is 1. The zero-order chi connectivity index (χ0) is 16.3. The molecule has 7 nitrogen and oxygen atoms in total. The summed E-state index contributed by atoms with van der Waals surface area (Å²) in [5.41, 5.74) is -0.355. The molecule has 0 aliphatic heterocycles. The zero-order valence-electron chi connectivity index (χ0n) is 12.5. The summed E-state index contributed by atoms with van der Waals surface area (Å²) in [4.78, 5) is 22.3. The van der Waals surface area contributed by atoms with Gasteiger partial charge in [-0.3, -0.25) is 14.9 Å². The minimum absolute atomic E-state index is 0.0378. The van der Waals surface area contributed by atoms with Gasteiger partial charge in [-0.05, 0) is 44.2 Å². The van der Waals surface area contributed by atoms with Crippen LogP contribution in [0.15, 0.2) is 18.2 Å². The number of nitriles is 1. The second-order valence-corrected chi connectivity index (χ2v) is 5.65. The molecule has 1 amide bonds. The average Bonchev–Trinajstić information content (AvgIpc) is 3.30. The molecular weight excluding hydrogens is 286 g/mol. The number of rotatable bonds is 6. The van der Waals surface area contributed by atoms with Crippen molar-refractivity contribution in [2.24, 2.45) is 5.92 Å². The number of hydrogen-bond donors (Lipinski definition) is 1. The molecule has 1 aliphatic carbocycles. The molecule has 1 aliphatic rings. The van der Waals surface area contributed by atoms with Crippen molar-refractivity contribution in [3.05, 3.63) is 33.9 Å². The first-order valence-corrected chi connectivity index (χ1v) is 6.96. The Labute approximate surface area is 128 Å². The lowest BCUT2D eigenvalue weighted by Gasteiger charge is -2.22. The zero-order valence-corrected chi connectivity index (χ0v) is 12.5. The maximum absolute atomic E-state index is 11.9. The van der Waals surface area contributed by atoms with Crippen molar-refractivity contribution in [1.29, 1.82) is 5.26 Å². The van der Waals surface area contributed by atoms with Gasteiger partial charge in [0.05, 0.1) is 11.0 Å². The molecule has 0 spiro atoms. The summed E-state index contributed by atoms with van der Waals surface area (Å²) in [6.07, 6.45) is 1.82. The van der Waals surface area contributed by atoms with Crippen LogP contribution in [0.5, 0.6) is 5.75 Å². The van der Waals surface area contributed by atoms with Gasteiger partial charge in [-0.25, -0.2) is 0 Å². The van der Waals surface area contributed by atoms with E-state index in [4.69, 9.17) is 4.74 Å². The summed E-state index contributed by atoms with van der Waals surface area (Å²) >= 11 is 0. The monoisotopic (exact) mass is 303 g/mol. The number of carbonyl (C=O) groups excluding carboxylic acids is 1. The van der Waals surface area contributed by atoms with E-state index in [1.54, 1.807) is 19.9 Å². The number of nitrogens with one attached hydrogen (secondary N) is 1. The maximum Gasteiger partial charge on any atom is 0.311 e. The van der Waals surface area contributed by atoms with Gasteiger partial charge < -0.3 is 10.1 Å². The molecule has 0 unspecified atom stereocenters. The SMILES string of the molecule is Cc1ccc(OCC(=O)N[C@](C)(C#N)C2CC2)c([N+](=O)[O-])c1. The Hall–Kier alpha value is -2.62. The van der Waals surface area contributed by atoms with Crippen molar-refractivity contribution in [2.45, 2.75) is 32.2 Å². The molecule has 0 aromatic heterocycles. The lowest BCUT2D eigenvalue weighted by Crippen LogP contribution is -2.48. The number of hydrogen-bond acceptors (Lipinski definition) is 5. The third-order valence-electron chi connectivity index (χ3n) is 3.70. The summed E-state index contributed by atoms with van der Waals surface area (Å²) in [5, 5.41) is 22.8. The standard InChI is InChI=1S/C15H17N3O4/c1-10-3-6-13(12(7-10)18(20)21)22-8-14(19)17-15(2,9-16)11-4-5-11/h3,6-7,11H,4-5,8H2,1-2H3,(H,17,19)/t15-/m1/s1. The Morgan fingerprint density at radius 2 is 2.27 bits per heavy atom. The summed E-state index contributed by atoms with van der Waals surface area (Å²) < 4.78 is 5.24. The fourth-order valence-corrected chi connectivity index (χ4v) is 2.24. The number of nitro groups is 1. The van der Waals surface area contributed by atoms with Crippen LogP contribution >= 0.6 is 0 Å². The Morgan fingerprint density at radius 3 is 2.82 bits per heavy atom. The van der Waals surface area contributed by atoms with Crippen LogP contribution in [-0.2, 0) is 4.79 Å². The smallest absolute Gasteiger partial charge is 0.311 e. The second-order valence-electron chi connectivity index (χ2n) is 5.65. The van der Waals surface area contributed by atoms with Crippen LogP contribution in [-0.4, -0.2) is 23.0 Å². The van der Waals surface area contributed by atoms with Crippen LogP contribution in [0.2, 0.25) is 0 Å². The first-order chi connectivity index (χ1) is 10.4. The number of ether oxygens (including phenoxy) is 1. The van der Waals surface area contributed by atoms with Gasteiger partial charge in [-0.15, -0.1) is 0 Å². The molecule has 1 N–H and O–H groups in total. The van der Waals surface area contributed by atoms with E-state index in [9.17, 15) is 20.2 Å². The van der Waals surface area contributed by atoms with Gasteiger partial charge in [0.1, 0.15) is 5.54 Å². The van der Waals surface area contributed by atoms with Crippen molar-refractivity contribution in [2.75, 3.05) is 6.61 Å². The third-order valence-corrected chi connectivity index (χ3v) is 3.70. The molecule has 116 valence electrons. The molecule has 0 saturated heterocycles. The van der Waals surface area contributed by atoms with Gasteiger partial charge in [0.15, 0.2) is 12.4 Å². The van der Waals surface area contributed by atoms with Crippen LogP contribution in [0.3, 0.4) is 0 Å². The largest absolute Gasteiger partial charge is 0.477 e. The molecule has 1 aromatic carbocycles. The van der Waals surface area contributed by atoms with E-state index in [-0.39, 0.29) is 24.0 Å². The number of nitro benzene ring substituents is 1. The van der Waals surface area contributed by atoms with Crippen molar-refractivity contribution < 1.29 is 14.5 Å². The van der Waals surface area contributed by atoms with Gasteiger partial charge >= 0.3 is 5.69 Å². The molecule has 1 saturated carbocycles. The van der Waals surface area contributed by atoms with Crippen molar-refractivity contribution in [3.8, 4) is 11.8 Å². The van der Waals surface area contributed by atoms with Crippen LogP contribution < -0.4 is 10.1 Å². The van der Waals surface area contributed by atoms with E-state index in [2.05, 4.69) is 11.4 Å². The quantitative estimate of drug-likeness (QED) is 0.640. The fourth-order valence-electron chi connectivity index (χ4n) is 2.24. The highest BCUT2D eigenvalue weighted by Gasteiger charge is 2.43. The highest BCUT2D eigenvalue weighted by Crippen LogP contribution is 2.39. The number of carbonyl (C=O) groups is 1. The number of nitrogens with zero attached hydrogens (tertiary/aromatic N) is 2. The minimum atomic E-state index is -0.903. The fraction of sp³-hybridized carbons (Fsp3) is 0.467. The molecule has 0 bridgehead atoms.